The fraction of sp³-hybridized carbons (Fsp3) is 0.333. The molecule has 0 saturated carbocycles. The van der Waals surface area contributed by atoms with Gasteiger partial charge in [-0.2, -0.15) is 0 Å². The van der Waals surface area contributed by atoms with Gasteiger partial charge in [-0.1, -0.05) is 13.8 Å². The smallest absolute Gasteiger partial charge is 0.160 e. The molecule has 0 heterocycles. The van der Waals surface area contributed by atoms with E-state index >= 15 is 0 Å². The van der Waals surface area contributed by atoms with Crippen LogP contribution in [0.5, 0.6) is 0 Å². The third-order valence-electron chi connectivity index (χ3n) is 1.22. The highest BCUT2D eigenvalue weighted by molar-refractivity contribution is 7.84. The fourth-order valence-electron chi connectivity index (χ4n) is 0.656. The van der Waals surface area contributed by atoms with Gasteiger partial charge in [-0.15, -0.1) is 0 Å². The first-order valence-corrected chi connectivity index (χ1v) is 5.45. The lowest BCUT2D eigenvalue weighted by Crippen LogP contribution is -1.90. The Hall–Kier alpha value is -0.770. The Morgan fingerprint density at radius 1 is 1.15 bits per heavy atom. The van der Waals surface area contributed by atoms with Crippen LogP contribution in [0.1, 0.15) is 13.8 Å². The summed E-state index contributed by atoms with van der Waals surface area (Å²) in [4.78, 5) is 0.295. The van der Waals surface area contributed by atoms with Crippen LogP contribution in [-0.4, -0.2) is 10.5 Å². The molecule has 0 N–H and O–H groups in total. The Bertz CT molecular complexity index is 300. The van der Waals surface area contributed by atoms with Crippen molar-refractivity contribution in [1.29, 1.82) is 0 Å². The van der Waals surface area contributed by atoms with Gasteiger partial charge in [0.1, 0.15) is 0 Å². The van der Waals surface area contributed by atoms with Crippen LogP contribution in [0.4, 0.5) is 8.78 Å². The first-order chi connectivity index (χ1) is 6.11. The molecule has 0 radical (unpaired) electrons. The molecule has 0 aliphatic rings. The van der Waals surface area contributed by atoms with Gasteiger partial charge < -0.3 is 0 Å². The molecule has 1 unspecified atom stereocenters. The number of hydrogen-bond donors (Lipinski definition) is 0. The molecule has 0 aromatic heterocycles. The minimum atomic E-state index is -1.25. The summed E-state index contributed by atoms with van der Waals surface area (Å²) >= 11 is 0. The summed E-state index contributed by atoms with van der Waals surface area (Å²) in [6, 6.07) is 3.20. The van der Waals surface area contributed by atoms with Crippen LogP contribution in [0.15, 0.2) is 23.1 Å². The number of hydrogen-bond acceptors (Lipinski definition) is 1. The predicted molar refractivity (Wildman–Crippen MR) is 50.0 cm³/mol. The van der Waals surface area contributed by atoms with Crippen molar-refractivity contribution in [3.05, 3.63) is 29.8 Å². The second-order valence-electron chi connectivity index (χ2n) is 2.03. The predicted octanol–water partition coefficient (Wildman–Crippen LogP) is 2.73. The van der Waals surface area contributed by atoms with E-state index in [2.05, 4.69) is 0 Å². The molecule has 1 aromatic carbocycles. The highest BCUT2D eigenvalue weighted by atomic mass is 32.2. The average molecular weight is 206 g/mol. The van der Waals surface area contributed by atoms with E-state index in [1.165, 1.54) is 12.3 Å². The minimum Gasteiger partial charge on any atom is -0.255 e. The Morgan fingerprint density at radius 3 is 2.08 bits per heavy atom. The molecule has 1 nitrogen and oxygen atoms in total. The van der Waals surface area contributed by atoms with Crippen molar-refractivity contribution in [2.24, 2.45) is 0 Å². The van der Waals surface area contributed by atoms with E-state index in [0.717, 1.165) is 12.1 Å². The molecule has 74 valence electrons. The van der Waals surface area contributed by atoms with Gasteiger partial charge in [-0.05, 0) is 18.2 Å². The Labute approximate surface area is 79.2 Å². The van der Waals surface area contributed by atoms with Crippen molar-refractivity contribution in [2.75, 3.05) is 6.26 Å². The second kappa shape index (κ2) is 5.80. The quantitative estimate of drug-likeness (QED) is 0.690. The Kier molecular flexibility index (Phi) is 5.46. The molecule has 13 heavy (non-hydrogen) atoms. The average Bonchev–Trinajstić information content (AvgIpc) is 2.13. The summed E-state index contributed by atoms with van der Waals surface area (Å²) < 4.78 is 35.4. The molecule has 0 saturated heterocycles. The van der Waals surface area contributed by atoms with Crippen LogP contribution < -0.4 is 0 Å². The third kappa shape index (κ3) is 3.63. The zero-order chi connectivity index (χ0) is 10.4. The van der Waals surface area contributed by atoms with E-state index in [-0.39, 0.29) is 0 Å². The topological polar surface area (TPSA) is 17.1 Å². The first-order valence-electron chi connectivity index (χ1n) is 3.90. The largest absolute Gasteiger partial charge is 0.255 e. The number of rotatable bonds is 1. The third-order valence-corrected chi connectivity index (χ3v) is 2.14. The van der Waals surface area contributed by atoms with Gasteiger partial charge in [0.15, 0.2) is 11.6 Å². The van der Waals surface area contributed by atoms with Gasteiger partial charge in [0, 0.05) is 22.0 Å². The lowest BCUT2D eigenvalue weighted by molar-refractivity contribution is 0.505. The maximum atomic E-state index is 12.4. The SMILES string of the molecule is CC.CS(=O)c1ccc(F)c(F)c1. The second-order valence-corrected chi connectivity index (χ2v) is 3.41. The van der Waals surface area contributed by atoms with Gasteiger partial charge in [0.05, 0.1) is 0 Å². The molecule has 1 aromatic rings. The molecule has 0 aliphatic heterocycles. The van der Waals surface area contributed by atoms with Gasteiger partial charge >= 0.3 is 0 Å². The fourth-order valence-corrected chi connectivity index (χ4v) is 1.18. The minimum absolute atomic E-state index is 0.295. The van der Waals surface area contributed by atoms with Crippen LogP contribution >= 0.6 is 0 Å². The molecule has 0 aliphatic carbocycles. The highest BCUT2D eigenvalue weighted by Crippen LogP contribution is 2.10. The lowest BCUT2D eigenvalue weighted by atomic mass is 10.3. The van der Waals surface area contributed by atoms with Crippen LogP contribution in [0, 0.1) is 11.6 Å². The summed E-state index contributed by atoms with van der Waals surface area (Å²) in [6.45, 7) is 4.00. The normalized spacial score (nSPS) is 11.5. The van der Waals surface area contributed by atoms with Gasteiger partial charge in [-0.25, -0.2) is 8.78 Å². The van der Waals surface area contributed by atoms with Gasteiger partial charge in [-0.3, -0.25) is 4.21 Å². The molecule has 1 atom stereocenters. The molecule has 0 fully saturated rings. The van der Waals surface area contributed by atoms with Gasteiger partial charge in [0.25, 0.3) is 0 Å². The maximum absolute atomic E-state index is 12.4. The van der Waals surface area contributed by atoms with Crippen LogP contribution in [0.25, 0.3) is 0 Å². The van der Waals surface area contributed by atoms with Crippen molar-refractivity contribution in [2.45, 2.75) is 18.7 Å². The number of benzene rings is 1. The zero-order valence-corrected chi connectivity index (χ0v) is 8.62. The molecular formula is C9H12F2OS. The van der Waals surface area contributed by atoms with Crippen molar-refractivity contribution >= 4 is 10.8 Å². The molecule has 0 bridgehead atoms. The summed E-state index contributed by atoms with van der Waals surface area (Å²) in [5, 5.41) is 0. The van der Waals surface area contributed by atoms with Crippen LogP contribution in [-0.2, 0) is 10.8 Å². The monoisotopic (exact) mass is 206 g/mol. The van der Waals surface area contributed by atoms with E-state index in [1.54, 1.807) is 0 Å². The van der Waals surface area contributed by atoms with Crippen LogP contribution in [0.2, 0.25) is 0 Å². The van der Waals surface area contributed by atoms with E-state index in [9.17, 15) is 13.0 Å². The van der Waals surface area contributed by atoms with Crippen molar-refractivity contribution < 1.29 is 13.0 Å². The Balaban J connectivity index is 0.000000671. The summed E-state index contributed by atoms with van der Waals surface area (Å²) in [7, 11) is -1.25. The maximum Gasteiger partial charge on any atom is 0.160 e. The molecule has 0 spiro atoms. The van der Waals surface area contributed by atoms with Crippen molar-refractivity contribution in [1.82, 2.24) is 0 Å². The lowest BCUT2D eigenvalue weighted by Gasteiger charge is -1.95. The van der Waals surface area contributed by atoms with Gasteiger partial charge in [0.2, 0.25) is 0 Å². The molecule has 4 heteroatoms. The molecule has 1 rings (SSSR count). The van der Waals surface area contributed by atoms with E-state index in [1.807, 2.05) is 13.8 Å². The van der Waals surface area contributed by atoms with Crippen LogP contribution in [0.3, 0.4) is 0 Å². The number of halogens is 2. The molecular weight excluding hydrogens is 194 g/mol. The van der Waals surface area contributed by atoms with Crippen molar-refractivity contribution in [3.63, 3.8) is 0 Å². The summed E-state index contributed by atoms with van der Waals surface area (Å²) in [5.41, 5.74) is 0. The molecule has 0 amide bonds. The van der Waals surface area contributed by atoms with E-state index < -0.39 is 22.4 Å². The Morgan fingerprint density at radius 2 is 1.69 bits per heavy atom. The van der Waals surface area contributed by atoms with E-state index in [0.29, 0.717) is 4.90 Å². The first kappa shape index (κ1) is 12.2. The summed E-state index contributed by atoms with van der Waals surface area (Å²) in [5.74, 6) is -1.88. The zero-order valence-electron chi connectivity index (χ0n) is 7.80. The standard InChI is InChI=1S/C7H6F2OS.C2H6/c1-11(10)5-2-3-6(8)7(9)4-5;1-2/h2-4H,1H3;1-2H3. The highest BCUT2D eigenvalue weighted by Gasteiger charge is 2.03. The van der Waals surface area contributed by atoms with Crippen molar-refractivity contribution in [3.8, 4) is 0 Å². The summed E-state index contributed by atoms with van der Waals surface area (Å²) in [6.07, 6.45) is 1.41. The van der Waals surface area contributed by atoms with E-state index in [4.69, 9.17) is 0 Å².